The van der Waals surface area contributed by atoms with Crippen LogP contribution in [0.5, 0.6) is 5.75 Å². The summed E-state index contributed by atoms with van der Waals surface area (Å²) in [4.78, 5) is 24.6. The minimum absolute atomic E-state index is 0.368. The van der Waals surface area contributed by atoms with E-state index in [2.05, 4.69) is 116 Å². The zero-order valence-electron chi connectivity index (χ0n) is 31.1. The standard InChI is InChI=1S/C48H44O5S2/c1-4-47(49)51-28-6-8-30-54-44-23-16-37(17-24-44)10-12-39-20-27-46(36(3)32-39)53-35-41-15-22-42-33-40(14-21-43(42)34-41)13-11-38-18-25-45(26-19-38)55-31-9-7-29-52-48(50)5-2/h4-5,14-27,32-34H,1-2,6-9,28-31,35H2,3H3. The highest BCUT2D eigenvalue weighted by Crippen LogP contribution is 2.24. The average Bonchev–Trinajstić information content (AvgIpc) is 3.21. The Bertz CT molecular complexity index is 2220. The molecule has 0 heterocycles. The molecule has 0 aliphatic carbocycles. The van der Waals surface area contributed by atoms with E-state index in [1.54, 1.807) is 23.5 Å². The Labute approximate surface area is 333 Å². The number of hydrogen-bond acceptors (Lipinski definition) is 7. The molecule has 5 nitrogen and oxygen atoms in total. The lowest BCUT2D eigenvalue weighted by atomic mass is 10.0. The summed E-state index contributed by atoms with van der Waals surface area (Å²) in [5.74, 6) is 15.2. The molecule has 0 spiro atoms. The SMILES string of the molecule is C=CC(=O)OCCCCSc1ccc(C#Cc2ccc(OCc3ccc4cc(C#Cc5ccc(SCCCCOC(=O)C=C)cc5)ccc4c3)c(C)c2)cc1. The third-order valence-corrected chi connectivity index (χ3v) is 10.5. The summed E-state index contributed by atoms with van der Waals surface area (Å²) >= 11 is 3.57. The average molecular weight is 765 g/mol. The predicted molar refractivity (Wildman–Crippen MR) is 227 cm³/mol. The summed E-state index contributed by atoms with van der Waals surface area (Å²) in [7, 11) is 0. The van der Waals surface area contributed by atoms with Gasteiger partial charge in [0.1, 0.15) is 12.4 Å². The van der Waals surface area contributed by atoms with Crippen molar-refractivity contribution in [3.63, 3.8) is 0 Å². The fraction of sp³-hybridized carbons (Fsp3) is 0.208. The van der Waals surface area contributed by atoms with Crippen molar-refractivity contribution in [1.82, 2.24) is 0 Å². The van der Waals surface area contributed by atoms with Crippen molar-refractivity contribution in [3.05, 3.63) is 162 Å². The van der Waals surface area contributed by atoms with Crippen LogP contribution in [0.2, 0.25) is 0 Å². The number of benzene rings is 5. The highest BCUT2D eigenvalue weighted by atomic mass is 32.2. The van der Waals surface area contributed by atoms with Gasteiger partial charge in [-0.05, 0) is 151 Å². The van der Waals surface area contributed by atoms with Crippen molar-refractivity contribution in [2.45, 2.75) is 49.0 Å². The Morgan fingerprint density at radius 3 is 1.60 bits per heavy atom. The Morgan fingerprint density at radius 2 is 1.05 bits per heavy atom. The Balaban J connectivity index is 1.06. The van der Waals surface area contributed by atoms with Crippen LogP contribution in [0.15, 0.2) is 138 Å². The van der Waals surface area contributed by atoms with Crippen LogP contribution in [0.3, 0.4) is 0 Å². The summed E-state index contributed by atoms with van der Waals surface area (Å²) in [6.45, 7) is 10.2. The first-order chi connectivity index (χ1) is 26.9. The molecule has 0 unspecified atom stereocenters. The Hall–Kier alpha value is -5.60. The van der Waals surface area contributed by atoms with Crippen LogP contribution >= 0.6 is 23.5 Å². The summed E-state index contributed by atoms with van der Waals surface area (Å²) in [6.07, 6.45) is 5.99. The second kappa shape index (κ2) is 21.9. The molecule has 0 aliphatic heterocycles. The highest BCUT2D eigenvalue weighted by Gasteiger charge is 2.04. The van der Waals surface area contributed by atoms with Crippen molar-refractivity contribution in [2.24, 2.45) is 0 Å². The fourth-order valence-corrected chi connectivity index (χ4v) is 7.15. The fourth-order valence-electron chi connectivity index (χ4n) is 5.32. The maximum atomic E-state index is 11.1. The minimum Gasteiger partial charge on any atom is -0.489 e. The summed E-state index contributed by atoms with van der Waals surface area (Å²) in [5, 5.41) is 2.28. The molecule has 5 aromatic carbocycles. The molecule has 0 amide bonds. The molecule has 7 heteroatoms. The molecule has 0 atom stereocenters. The van der Waals surface area contributed by atoms with Crippen LogP contribution in [0, 0.1) is 30.6 Å². The Kier molecular flexibility index (Phi) is 16.2. The lowest BCUT2D eigenvalue weighted by Crippen LogP contribution is -2.01. The molecule has 0 saturated heterocycles. The highest BCUT2D eigenvalue weighted by molar-refractivity contribution is 7.99. The first kappa shape index (κ1) is 40.6. The lowest BCUT2D eigenvalue weighted by Gasteiger charge is -2.10. The number of rotatable bonds is 17. The molecule has 0 aromatic heterocycles. The topological polar surface area (TPSA) is 61.8 Å². The number of hydrogen-bond donors (Lipinski definition) is 0. The molecule has 55 heavy (non-hydrogen) atoms. The summed E-state index contributed by atoms with van der Waals surface area (Å²) in [5.41, 5.74) is 5.98. The molecular weight excluding hydrogens is 721 g/mol. The van der Waals surface area contributed by atoms with E-state index in [1.165, 1.54) is 21.9 Å². The van der Waals surface area contributed by atoms with E-state index in [0.717, 1.165) is 87.1 Å². The van der Waals surface area contributed by atoms with Crippen LogP contribution in [-0.2, 0) is 25.7 Å². The number of carbonyl (C=O) groups excluding carboxylic acids is 2. The van der Waals surface area contributed by atoms with E-state index in [4.69, 9.17) is 14.2 Å². The van der Waals surface area contributed by atoms with Gasteiger partial charge in [0.2, 0.25) is 0 Å². The second-order valence-corrected chi connectivity index (χ2v) is 14.9. The molecule has 5 rings (SSSR count). The van der Waals surface area contributed by atoms with Gasteiger partial charge in [-0.1, -0.05) is 55.0 Å². The maximum absolute atomic E-state index is 11.1. The van der Waals surface area contributed by atoms with Gasteiger partial charge in [0.15, 0.2) is 0 Å². The monoisotopic (exact) mass is 764 g/mol. The van der Waals surface area contributed by atoms with Gasteiger partial charge in [-0.15, -0.1) is 23.5 Å². The van der Waals surface area contributed by atoms with E-state index in [0.29, 0.717) is 19.8 Å². The predicted octanol–water partition coefficient (Wildman–Crippen LogP) is 10.7. The summed E-state index contributed by atoms with van der Waals surface area (Å²) in [6, 6.07) is 35.3. The molecule has 0 bridgehead atoms. The number of unbranched alkanes of at least 4 members (excludes halogenated alkanes) is 2. The van der Waals surface area contributed by atoms with Crippen LogP contribution in [0.4, 0.5) is 0 Å². The molecule has 5 aromatic rings. The van der Waals surface area contributed by atoms with Crippen molar-refractivity contribution < 1.29 is 23.8 Å². The third-order valence-electron chi connectivity index (χ3n) is 8.32. The maximum Gasteiger partial charge on any atom is 0.330 e. The Morgan fingerprint density at radius 1 is 0.582 bits per heavy atom. The van der Waals surface area contributed by atoms with Gasteiger partial charge >= 0.3 is 11.9 Å². The smallest absolute Gasteiger partial charge is 0.330 e. The zero-order valence-corrected chi connectivity index (χ0v) is 32.7. The van der Waals surface area contributed by atoms with E-state index >= 15 is 0 Å². The van der Waals surface area contributed by atoms with Crippen molar-refractivity contribution in [1.29, 1.82) is 0 Å². The van der Waals surface area contributed by atoms with Crippen molar-refractivity contribution >= 4 is 46.2 Å². The molecule has 278 valence electrons. The van der Waals surface area contributed by atoms with E-state index < -0.39 is 0 Å². The minimum atomic E-state index is -0.369. The third kappa shape index (κ3) is 14.0. The number of aryl methyl sites for hydroxylation is 1. The molecule has 0 fully saturated rings. The molecule has 0 N–H and O–H groups in total. The number of carbonyl (C=O) groups is 2. The number of fused-ring (bicyclic) bond motifs is 1. The second-order valence-electron chi connectivity index (χ2n) is 12.6. The lowest BCUT2D eigenvalue weighted by molar-refractivity contribution is -0.138. The van der Waals surface area contributed by atoms with Crippen LogP contribution < -0.4 is 4.74 Å². The van der Waals surface area contributed by atoms with Crippen molar-refractivity contribution in [2.75, 3.05) is 24.7 Å². The van der Waals surface area contributed by atoms with Crippen LogP contribution in [-0.4, -0.2) is 36.7 Å². The van der Waals surface area contributed by atoms with E-state index in [-0.39, 0.29) is 11.9 Å². The first-order valence-electron chi connectivity index (χ1n) is 18.2. The first-order valence-corrected chi connectivity index (χ1v) is 20.2. The normalized spacial score (nSPS) is 10.3. The molecule has 0 radical (unpaired) electrons. The summed E-state index contributed by atoms with van der Waals surface area (Å²) < 4.78 is 16.3. The zero-order chi connectivity index (χ0) is 38.7. The van der Waals surface area contributed by atoms with Gasteiger partial charge in [-0.2, -0.15) is 0 Å². The number of esters is 2. The van der Waals surface area contributed by atoms with Crippen molar-refractivity contribution in [3.8, 4) is 29.4 Å². The van der Waals surface area contributed by atoms with Gasteiger partial charge in [0, 0.05) is 44.2 Å². The number of ether oxygens (including phenoxy) is 3. The quantitative estimate of drug-likeness (QED) is 0.0307. The van der Waals surface area contributed by atoms with Crippen LogP contribution in [0.25, 0.3) is 10.8 Å². The van der Waals surface area contributed by atoms with Gasteiger partial charge in [-0.25, -0.2) is 9.59 Å². The van der Waals surface area contributed by atoms with Gasteiger partial charge in [0.05, 0.1) is 13.2 Å². The van der Waals surface area contributed by atoms with Gasteiger partial charge in [0.25, 0.3) is 0 Å². The van der Waals surface area contributed by atoms with Crippen LogP contribution in [0.1, 0.15) is 59.1 Å². The van der Waals surface area contributed by atoms with E-state index in [1.807, 2.05) is 31.2 Å². The van der Waals surface area contributed by atoms with Gasteiger partial charge in [-0.3, -0.25) is 0 Å². The van der Waals surface area contributed by atoms with E-state index in [9.17, 15) is 9.59 Å². The molecular formula is C48H44O5S2. The molecule has 0 aliphatic rings. The largest absolute Gasteiger partial charge is 0.489 e. The molecule has 0 saturated carbocycles. The van der Waals surface area contributed by atoms with Gasteiger partial charge < -0.3 is 14.2 Å². The number of thioether (sulfide) groups is 2.